The van der Waals surface area contributed by atoms with Crippen molar-refractivity contribution in [3.8, 4) is 0 Å². The molecule has 0 bridgehead atoms. The number of Topliss-reactive ketones (excluding diaryl/α,β-unsaturated/α-hetero) is 1. The van der Waals surface area contributed by atoms with E-state index in [9.17, 15) is 9.59 Å². The van der Waals surface area contributed by atoms with Crippen molar-refractivity contribution >= 4 is 11.8 Å². The third kappa shape index (κ3) is 2.98. The molecule has 0 spiro atoms. The molecule has 3 nitrogen and oxygen atoms in total. The van der Waals surface area contributed by atoms with Crippen LogP contribution >= 0.6 is 0 Å². The Hall–Kier alpha value is -0.860. The Balaban J connectivity index is 1.55. The lowest BCUT2D eigenvalue weighted by molar-refractivity contribution is -0.157. The number of methoxy groups -OCH3 is 1. The fourth-order valence-electron chi connectivity index (χ4n) is 8.59. The SMILES string of the molecule is COC(=O)CC[C@H](C)[C@@H]1CC[C@@H]2[C@H]3CC[C@H]4CCCC[C@]4(C)[C@@H]3CC(=O)[C@@]21C. The number of carbonyl (C=O) groups is 2. The minimum absolute atomic E-state index is 0.120. The molecule has 0 aromatic heterocycles. The van der Waals surface area contributed by atoms with Gasteiger partial charge in [0.15, 0.2) is 0 Å². The molecular weight excluding hydrogens is 348 g/mol. The molecule has 0 heterocycles. The number of hydrogen-bond donors (Lipinski definition) is 0. The van der Waals surface area contributed by atoms with Gasteiger partial charge in [-0.25, -0.2) is 0 Å². The van der Waals surface area contributed by atoms with Crippen molar-refractivity contribution in [1.29, 1.82) is 0 Å². The molecular formula is C25H40O3. The van der Waals surface area contributed by atoms with E-state index in [-0.39, 0.29) is 11.4 Å². The first-order chi connectivity index (χ1) is 13.3. The molecule has 4 rings (SSSR count). The monoisotopic (exact) mass is 388 g/mol. The van der Waals surface area contributed by atoms with E-state index >= 15 is 0 Å². The summed E-state index contributed by atoms with van der Waals surface area (Å²) in [4.78, 5) is 25.3. The zero-order valence-corrected chi connectivity index (χ0v) is 18.5. The van der Waals surface area contributed by atoms with Crippen molar-refractivity contribution in [1.82, 2.24) is 0 Å². The normalized spacial score (nSPS) is 46.3. The van der Waals surface area contributed by atoms with Crippen LogP contribution < -0.4 is 0 Å². The van der Waals surface area contributed by atoms with Crippen LogP contribution in [0.15, 0.2) is 0 Å². The van der Waals surface area contributed by atoms with Crippen LogP contribution in [0.4, 0.5) is 0 Å². The lowest BCUT2D eigenvalue weighted by atomic mass is 9.44. The quantitative estimate of drug-likeness (QED) is 0.571. The maximum Gasteiger partial charge on any atom is 0.305 e. The summed E-state index contributed by atoms with van der Waals surface area (Å²) in [6, 6.07) is 0. The Bertz CT molecular complexity index is 627. The zero-order valence-electron chi connectivity index (χ0n) is 18.5. The molecule has 0 aromatic carbocycles. The Kier molecular flexibility index (Phi) is 5.42. The summed E-state index contributed by atoms with van der Waals surface area (Å²) >= 11 is 0. The molecule has 0 amide bonds. The van der Waals surface area contributed by atoms with Crippen molar-refractivity contribution in [3.63, 3.8) is 0 Å². The van der Waals surface area contributed by atoms with Crippen molar-refractivity contribution in [2.24, 2.45) is 46.3 Å². The summed E-state index contributed by atoms with van der Waals surface area (Å²) < 4.78 is 4.84. The van der Waals surface area contributed by atoms with Crippen LogP contribution in [0.3, 0.4) is 0 Å². The topological polar surface area (TPSA) is 43.4 Å². The van der Waals surface area contributed by atoms with E-state index in [1.165, 1.54) is 58.5 Å². The van der Waals surface area contributed by atoms with E-state index in [0.29, 0.717) is 41.3 Å². The predicted molar refractivity (Wildman–Crippen MR) is 111 cm³/mol. The number of fused-ring (bicyclic) bond motifs is 5. The van der Waals surface area contributed by atoms with Crippen molar-refractivity contribution < 1.29 is 14.3 Å². The van der Waals surface area contributed by atoms with Crippen LogP contribution in [-0.4, -0.2) is 18.9 Å². The Morgan fingerprint density at radius 2 is 1.89 bits per heavy atom. The molecule has 0 aromatic rings. The number of ketones is 1. The lowest BCUT2D eigenvalue weighted by Gasteiger charge is -2.60. The van der Waals surface area contributed by atoms with Gasteiger partial charge >= 0.3 is 5.97 Å². The number of ether oxygens (including phenoxy) is 1. The maximum absolute atomic E-state index is 13.7. The summed E-state index contributed by atoms with van der Waals surface area (Å²) in [5, 5.41) is 0. The molecule has 3 heteroatoms. The molecule has 4 fully saturated rings. The molecule has 0 unspecified atom stereocenters. The van der Waals surface area contributed by atoms with Gasteiger partial charge in [0.1, 0.15) is 5.78 Å². The van der Waals surface area contributed by atoms with Crippen LogP contribution in [0.25, 0.3) is 0 Å². The minimum atomic E-state index is -0.158. The molecule has 0 aliphatic heterocycles. The van der Waals surface area contributed by atoms with Gasteiger partial charge in [0, 0.05) is 18.3 Å². The number of hydrogen-bond acceptors (Lipinski definition) is 3. The molecule has 0 radical (unpaired) electrons. The highest BCUT2D eigenvalue weighted by molar-refractivity contribution is 5.87. The number of esters is 1. The Morgan fingerprint density at radius 3 is 2.64 bits per heavy atom. The van der Waals surface area contributed by atoms with E-state index < -0.39 is 0 Å². The van der Waals surface area contributed by atoms with E-state index in [1.54, 1.807) is 0 Å². The van der Waals surface area contributed by atoms with Crippen molar-refractivity contribution in [2.75, 3.05) is 7.11 Å². The van der Waals surface area contributed by atoms with Gasteiger partial charge < -0.3 is 4.74 Å². The van der Waals surface area contributed by atoms with Crippen molar-refractivity contribution in [3.05, 3.63) is 0 Å². The Labute approximate surface area is 171 Å². The molecule has 0 N–H and O–H groups in total. The second-order valence-electron chi connectivity index (χ2n) is 11.1. The fourth-order valence-corrected chi connectivity index (χ4v) is 8.59. The average Bonchev–Trinajstić information content (AvgIpc) is 3.05. The second-order valence-corrected chi connectivity index (χ2v) is 11.1. The molecule has 8 atom stereocenters. The van der Waals surface area contributed by atoms with E-state index in [2.05, 4.69) is 20.8 Å². The first-order valence-electron chi connectivity index (χ1n) is 11.9. The van der Waals surface area contributed by atoms with Gasteiger partial charge in [-0.3, -0.25) is 9.59 Å². The largest absolute Gasteiger partial charge is 0.469 e. The summed E-state index contributed by atoms with van der Waals surface area (Å²) in [5.41, 5.74) is 0.251. The van der Waals surface area contributed by atoms with Crippen LogP contribution in [0.1, 0.15) is 91.4 Å². The zero-order chi connectivity index (χ0) is 20.1. The second kappa shape index (κ2) is 7.43. The predicted octanol–water partition coefficient (Wildman–Crippen LogP) is 5.80. The van der Waals surface area contributed by atoms with Gasteiger partial charge in [-0.05, 0) is 85.9 Å². The van der Waals surface area contributed by atoms with Crippen LogP contribution in [0, 0.1) is 46.3 Å². The summed E-state index contributed by atoms with van der Waals surface area (Å²) in [6.45, 7) is 7.10. The first-order valence-corrected chi connectivity index (χ1v) is 11.9. The number of carbonyl (C=O) groups excluding carboxylic acids is 2. The molecule has 28 heavy (non-hydrogen) atoms. The highest BCUT2D eigenvalue weighted by Crippen LogP contribution is 2.67. The molecule has 158 valence electrons. The lowest BCUT2D eigenvalue weighted by Crippen LogP contribution is -2.56. The third-order valence-corrected chi connectivity index (χ3v) is 10.2. The third-order valence-electron chi connectivity index (χ3n) is 10.2. The summed E-state index contributed by atoms with van der Waals surface area (Å²) in [7, 11) is 1.47. The van der Waals surface area contributed by atoms with Crippen LogP contribution in [-0.2, 0) is 14.3 Å². The summed E-state index contributed by atoms with van der Waals surface area (Å²) in [6.07, 6.45) is 12.8. The van der Waals surface area contributed by atoms with Crippen LogP contribution in [0.5, 0.6) is 0 Å². The van der Waals surface area contributed by atoms with Crippen LogP contribution in [0.2, 0.25) is 0 Å². The Morgan fingerprint density at radius 1 is 1.11 bits per heavy atom. The average molecular weight is 389 g/mol. The van der Waals surface area contributed by atoms with Gasteiger partial charge in [-0.15, -0.1) is 0 Å². The van der Waals surface area contributed by atoms with E-state index in [0.717, 1.165) is 24.7 Å². The van der Waals surface area contributed by atoms with Gasteiger partial charge in [0.25, 0.3) is 0 Å². The smallest absolute Gasteiger partial charge is 0.305 e. The van der Waals surface area contributed by atoms with Gasteiger partial charge in [-0.1, -0.05) is 33.6 Å². The highest BCUT2D eigenvalue weighted by Gasteiger charge is 2.63. The van der Waals surface area contributed by atoms with E-state index in [1.807, 2.05) is 0 Å². The van der Waals surface area contributed by atoms with Crippen molar-refractivity contribution in [2.45, 2.75) is 91.4 Å². The molecule has 4 aliphatic carbocycles. The first kappa shape index (κ1) is 20.4. The minimum Gasteiger partial charge on any atom is -0.469 e. The maximum atomic E-state index is 13.7. The highest BCUT2D eigenvalue weighted by atomic mass is 16.5. The van der Waals surface area contributed by atoms with Gasteiger partial charge in [0.2, 0.25) is 0 Å². The van der Waals surface area contributed by atoms with Gasteiger partial charge in [0.05, 0.1) is 7.11 Å². The molecule has 0 saturated heterocycles. The summed E-state index contributed by atoms with van der Waals surface area (Å²) in [5.74, 6) is 4.09. The number of rotatable bonds is 4. The van der Waals surface area contributed by atoms with Gasteiger partial charge in [-0.2, -0.15) is 0 Å². The molecule has 4 saturated carbocycles. The molecule has 4 aliphatic rings. The van der Waals surface area contributed by atoms with E-state index in [4.69, 9.17) is 4.74 Å². The fraction of sp³-hybridized carbons (Fsp3) is 0.920. The standard InChI is InChI=1S/C25H40O3/c1-16(8-13-23(27)28-4)19-11-12-20-18-10-9-17-7-5-6-14-24(17,2)21(18)15-22(26)25(19,20)3/h16-21H,5-15H2,1-4H3/t16-,17+,18+,19-,20+,21+,24-,25+/m0/s1.